The molecular weight excluding hydrogens is 278 g/mol. The summed E-state index contributed by atoms with van der Waals surface area (Å²) in [5.41, 5.74) is 0.726. The van der Waals surface area contributed by atoms with Crippen LogP contribution in [-0.2, 0) is 0 Å². The lowest BCUT2D eigenvalue weighted by molar-refractivity contribution is 0.379. The van der Waals surface area contributed by atoms with Crippen molar-refractivity contribution in [3.05, 3.63) is 29.3 Å². The molecule has 2 N–H and O–H groups in total. The van der Waals surface area contributed by atoms with E-state index in [2.05, 4.69) is 32.5 Å². The van der Waals surface area contributed by atoms with Gasteiger partial charge in [-0.05, 0) is 18.6 Å². The Hall–Kier alpha value is -2.08. The molecule has 20 heavy (non-hydrogen) atoms. The molecule has 0 saturated heterocycles. The maximum Gasteiger partial charge on any atom is 0.322 e. The molecule has 7 heteroatoms. The third-order valence-corrected chi connectivity index (χ3v) is 2.78. The molecule has 106 valence electrons. The van der Waals surface area contributed by atoms with Crippen LogP contribution in [0.2, 0.25) is 5.02 Å². The summed E-state index contributed by atoms with van der Waals surface area (Å²) in [5, 5.41) is 6.74. The van der Waals surface area contributed by atoms with Crippen molar-refractivity contribution in [2.45, 2.75) is 13.3 Å². The van der Waals surface area contributed by atoms with Crippen molar-refractivity contribution in [3.63, 3.8) is 0 Å². The lowest BCUT2D eigenvalue weighted by Gasteiger charge is -2.09. The van der Waals surface area contributed by atoms with Crippen LogP contribution in [0.1, 0.15) is 13.3 Å². The average Bonchev–Trinajstić information content (AvgIpc) is 2.47. The molecule has 0 unspecified atom stereocenters. The number of hydrogen-bond donors (Lipinski definition) is 2. The number of rotatable bonds is 6. The van der Waals surface area contributed by atoms with Gasteiger partial charge in [0.25, 0.3) is 0 Å². The van der Waals surface area contributed by atoms with Crippen LogP contribution in [0, 0.1) is 0 Å². The Morgan fingerprint density at radius 3 is 2.60 bits per heavy atom. The van der Waals surface area contributed by atoms with Gasteiger partial charge >= 0.3 is 6.01 Å². The largest absolute Gasteiger partial charge is 0.467 e. The van der Waals surface area contributed by atoms with E-state index < -0.39 is 0 Å². The zero-order chi connectivity index (χ0) is 14.4. The number of methoxy groups -OCH3 is 1. The molecule has 2 aromatic rings. The maximum atomic E-state index is 6.09. The van der Waals surface area contributed by atoms with Gasteiger partial charge in [0.2, 0.25) is 11.9 Å². The van der Waals surface area contributed by atoms with Crippen LogP contribution in [-0.4, -0.2) is 28.6 Å². The van der Waals surface area contributed by atoms with E-state index in [4.69, 9.17) is 16.3 Å². The molecule has 1 aromatic carbocycles. The minimum absolute atomic E-state index is 0.244. The quantitative estimate of drug-likeness (QED) is 0.853. The van der Waals surface area contributed by atoms with Crippen LogP contribution in [0.3, 0.4) is 0 Å². The highest BCUT2D eigenvalue weighted by Crippen LogP contribution is 2.24. The van der Waals surface area contributed by atoms with Gasteiger partial charge in [0.15, 0.2) is 0 Å². The zero-order valence-corrected chi connectivity index (χ0v) is 12.1. The highest BCUT2D eigenvalue weighted by Gasteiger charge is 2.08. The second-order valence-electron chi connectivity index (χ2n) is 4.00. The topological polar surface area (TPSA) is 72.0 Å². The van der Waals surface area contributed by atoms with Gasteiger partial charge in [-0.25, -0.2) is 0 Å². The predicted molar refractivity (Wildman–Crippen MR) is 79.9 cm³/mol. The number of nitrogens with zero attached hydrogens (tertiary/aromatic N) is 3. The van der Waals surface area contributed by atoms with Gasteiger partial charge < -0.3 is 15.4 Å². The van der Waals surface area contributed by atoms with Gasteiger partial charge in [-0.3, -0.25) is 0 Å². The Bertz CT molecular complexity index is 578. The van der Waals surface area contributed by atoms with E-state index in [1.165, 1.54) is 7.11 Å². The first-order valence-electron chi connectivity index (χ1n) is 6.28. The van der Waals surface area contributed by atoms with Crippen molar-refractivity contribution in [2.24, 2.45) is 0 Å². The van der Waals surface area contributed by atoms with Crippen molar-refractivity contribution in [1.29, 1.82) is 0 Å². The van der Waals surface area contributed by atoms with E-state index in [1.807, 2.05) is 18.2 Å². The van der Waals surface area contributed by atoms with Gasteiger partial charge in [-0.15, -0.1) is 0 Å². The Morgan fingerprint density at radius 1 is 1.15 bits per heavy atom. The van der Waals surface area contributed by atoms with Crippen molar-refractivity contribution < 1.29 is 4.74 Å². The predicted octanol–water partition coefficient (Wildman–Crippen LogP) is 3.10. The number of anilines is 3. The minimum Gasteiger partial charge on any atom is -0.467 e. The molecule has 1 aromatic heterocycles. The molecule has 0 spiro atoms. The number of aromatic nitrogens is 3. The van der Waals surface area contributed by atoms with Crippen LogP contribution in [0.25, 0.3) is 0 Å². The monoisotopic (exact) mass is 293 g/mol. The molecule has 1 heterocycles. The van der Waals surface area contributed by atoms with E-state index in [-0.39, 0.29) is 6.01 Å². The molecule has 0 aliphatic carbocycles. The summed E-state index contributed by atoms with van der Waals surface area (Å²) >= 11 is 6.09. The second-order valence-corrected chi connectivity index (χ2v) is 4.41. The smallest absolute Gasteiger partial charge is 0.322 e. The molecular formula is C13H16ClN5O. The molecule has 0 amide bonds. The van der Waals surface area contributed by atoms with Crippen LogP contribution < -0.4 is 15.4 Å². The van der Waals surface area contributed by atoms with E-state index in [9.17, 15) is 0 Å². The zero-order valence-electron chi connectivity index (χ0n) is 11.4. The van der Waals surface area contributed by atoms with Crippen LogP contribution >= 0.6 is 11.6 Å². The fourth-order valence-electron chi connectivity index (χ4n) is 1.50. The van der Waals surface area contributed by atoms with Gasteiger partial charge in [0.05, 0.1) is 17.8 Å². The summed E-state index contributed by atoms with van der Waals surface area (Å²) in [4.78, 5) is 12.5. The Labute approximate surface area is 122 Å². The first-order valence-corrected chi connectivity index (χ1v) is 6.66. The number of benzene rings is 1. The summed E-state index contributed by atoms with van der Waals surface area (Å²) in [6, 6.07) is 7.61. The normalized spacial score (nSPS) is 10.2. The first-order chi connectivity index (χ1) is 9.72. The third-order valence-electron chi connectivity index (χ3n) is 2.45. The van der Waals surface area contributed by atoms with Crippen molar-refractivity contribution in [1.82, 2.24) is 15.0 Å². The third kappa shape index (κ3) is 3.71. The summed E-state index contributed by atoms with van der Waals surface area (Å²) in [6.45, 7) is 2.84. The molecule has 2 rings (SSSR count). The van der Waals surface area contributed by atoms with E-state index in [0.717, 1.165) is 18.7 Å². The van der Waals surface area contributed by atoms with Crippen LogP contribution in [0.15, 0.2) is 24.3 Å². The fourth-order valence-corrected chi connectivity index (χ4v) is 1.69. The Kier molecular flexibility index (Phi) is 4.95. The minimum atomic E-state index is 0.244. The lowest BCUT2D eigenvalue weighted by Crippen LogP contribution is -2.09. The Morgan fingerprint density at radius 2 is 1.90 bits per heavy atom. The number of ether oxygens (including phenoxy) is 1. The summed E-state index contributed by atoms with van der Waals surface area (Å²) < 4.78 is 5.07. The summed E-state index contributed by atoms with van der Waals surface area (Å²) in [7, 11) is 1.51. The van der Waals surface area contributed by atoms with E-state index in [0.29, 0.717) is 16.9 Å². The molecule has 0 fully saturated rings. The summed E-state index contributed by atoms with van der Waals surface area (Å²) in [5.74, 6) is 0.844. The van der Waals surface area contributed by atoms with Crippen molar-refractivity contribution >= 4 is 29.2 Å². The molecule has 0 radical (unpaired) electrons. The van der Waals surface area contributed by atoms with Crippen LogP contribution in [0.5, 0.6) is 6.01 Å². The first kappa shape index (κ1) is 14.3. The molecule has 6 nitrogen and oxygen atoms in total. The van der Waals surface area contributed by atoms with E-state index in [1.54, 1.807) is 6.07 Å². The number of halogens is 1. The van der Waals surface area contributed by atoms with Gasteiger partial charge in [0.1, 0.15) is 0 Å². The van der Waals surface area contributed by atoms with Crippen LogP contribution in [0.4, 0.5) is 17.6 Å². The lowest BCUT2D eigenvalue weighted by atomic mass is 10.3. The highest BCUT2D eigenvalue weighted by atomic mass is 35.5. The number of para-hydroxylation sites is 1. The van der Waals surface area contributed by atoms with Crippen molar-refractivity contribution in [2.75, 3.05) is 24.3 Å². The van der Waals surface area contributed by atoms with Gasteiger partial charge in [-0.2, -0.15) is 15.0 Å². The van der Waals surface area contributed by atoms with Gasteiger partial charge in [0, 0.05) is 6.54 Å². The Balaban J connectivity index is 2.24. The van der Waals surface area contributed by atoms with Crippen molar-refractivity contribution in [3.8, 4) is 6.01 Å². The number of hydrogen-bond acceptors (Lipinski definition) is 6. The second kappa shape index (κ2) is 6.91. The van der Waals surface area contributed by atoms with Gasteiger partial charge in [-0.1, -0.05) is 30.7 Å². The average molecular weight is 294 g/mol. The summed E-state index contributed by atoms with van der Waals surface area (Å²) in [6.07, 6.45) is 0.973. The fraction of sp³-hybridized carbons (Fsp3) is 0.308. The number of nitrogens with one attached hydrogen (secondary N) is 2. The molecule has 0 bridgehead atoms. The maximum absolute atomic E-state index is 6.09. The molecule has 0 aliphatic rings. The van der Waals surface area contributed by atoms with E-state index >= 15 is 0 Å². The SMILES string of the molecule is CCCNc1nc(Nc2ccccc2Cl)nc(OC)n1. The molecule has 0 atom stereocenters. The highest BCUT2D eigenvalue weighted by molar-refractivity contribution is 6.33. The molecule has 0 saturated carbocycles. The molecule has 0 aliphatic heterocycles. The standard InChI is InChI=1S/C13H16ClN5O/c1-3-8-15-11-17-12(19-13(18-11)20-2)16-10-7-5-4-6-9(10)14/h4-7H,3,8H2,1-2H3,(H2,15,16,17,18,19).